The Hall–Kier alpha value is -0.850. The second-order valence-corrected chi connectivity index (χ2v) is 5.87. The minimum Gasteiger partial charge on any atom is -0.295 e. The molecule has 88 valence electrons. The van der Waals surface area contributed by atoms with Crippen LogP contribution in [-0.2, 0) is 4.79 Å². The number of carbonyl (C=O) groups is 1. The molecule has 2 aliphatic carbocycles. The number of Topliss-reactive ketones (excluding diaryl/α,β-unsaturated/α-hetero) is 1. The lowest BCUT2D eigenvalue weighted by Gasteiger charge is -2.43. The molecule has 2 aliphatic rings. The van der Waals surface area contributed by atoms with Gasteiger partial charge in [-0.1, -0.05) is 24.6 Å². The van der Waals surface area contributed by atoms with Crippen molar-refractivity contribution in [3.8, 4) is 0 Å². The van der Waals surface area contributed by atoms with Crippen LogP contribution in [0.15, 0.2) is 23.3 Å². The second-order valence-electron chi connectivity index (χ2n) is 5.87. The number of fused-ring (bicyclic) bond motifs is 1. The fourth-order valence-corrected chi connectivity index (χ4v) is 3.29. The topological polar surface area (TPSA) is 17.1 Å². The van der Waals surface area contributed by atoms with E-state index in [1.165, 1.54) is 24.0 Å². The predicted molar refractivity (Wildman–Crippen MR) is 67.2 cm³/mol. The van der Waals surface area contributed by atoms with Crippen molar-refractivity contribution >= 4 is 5.78 Å². The maximum atomic E-state index is 11.8. The fraction of sp³-hybridized carbons (Fsp3) is 0.667. The van der Waals surface area contributed by atoms with Crippen molar-refractivity contribution in [1.82, 2.24) is 0 Å². The summed E-state index contributed by atoms with van der Waals surface area (Å²) < 4.78 is 0. The van der Waals surface area contributed by atoms with Gasteiger partial charge in [-0.3, -0.25) is 4.79 Å². The van der Waals surface area contributed by atoms with E-state index in [9.17, 15) is 4.79 Å². The van der Waals surface area contributed by atoms with Crippen LogP contribution in [0.5, 0.6) is 0 Å². The standard InChI is InChI=1S/C15H22O/c1-10(2)12-5-7-15(4)8-6-14(16)11(3)13(15)9-12/h12H,1,5-9H2,2-4H3/t12-,15-/m1/s1. The molecule has 0 bridgehead atoms. The SMILES string of the molecule is C=C(C)[C@@H]1CC[C@]2(C)CCC(=O)C(C)=C2C1. The minimum atomic E-state index is 0.309. The molecule has 1 saturated carbocycles. The Morgan fingerprint density at radius 1 is 1.44 bits per heavy atom. The van der Waals surface area contributed by atoms with Gasteiger partial charge < -0.3 is 0 Å². The van der Waals surface area contributed by atoms with Gasteiger partial charge in [0.25, 0.3) is 0 Å². The monoisotopic (exact) mass is 218 g/mol. The lowest BCUT2D eigenvalue weighted by Crippen LogP contribution is -2.33. The van der Waals surface area contributed by atoms with Gasteiger partial charge in [-0.25, -0.2) is 0 Å². The smallest absolute Gasteiger partial charge is 0.158 e. The molecule has 0 saturated heterocycles. The summed E-state index contributed by atoms with van der Waals surface area (Å²) in [5.41, 5.74) is 4.08. The van der Waals surface area contributed by atoms with Gasteiger partial charge in [-0.05, 0) is 56.4 Å². The molecule has 0 aromatic rings. The third-order valence-corrected chi connectivity index (χ3v) is 4.70. The summed E-state index contributed by atoms with van der Waals surface area (Å²) in [6.07, 6.45) is 5.36. The molecular weight excluding hydrogens is 196 g/mol. The quantitative estimate of drug-likeness (QED) is 0.607. The molecule has 0 aliphatic heterocycles. The summed E-state index contributed by atoms with van der Waals surface area (Å²) in [6, 6.07) is 0. The maximum absolute atomic E-state index is 11.8. The van der Waals surface area contributed by atoms with E-state index in [0.29, 0.717) is 17.1 Å². The Morgan fingerprint density at radius 3 is 2.75 bits per heavy atom. The van der Waals surface area contributed by atoms with Gasteiger partial charge in [0.15, 0.2) is 5.78 Å². The average Bonchev–Trinajstić information content (AvgIpc) is 2.24. The highest BCUT2D eigenvalue weighted by atomic mass is 16.1. The normalized spacial score (nSPS) is 34.9. The Bertz CT molecular complexity index is 375. The van der Waals surface area contributed by atoms with E-state index < -0.39 is 0 Å². The van der Waals surface area contributed by atoms with Crippen molar-refractivity contribution in [2.75, 3.05) is 0 Å². The van der Waals surface area contributed by atoms with Crippen LogP contribution >= 0.6 is 0 Å². The number of allylic oxidation sites excluding steroid dienone is 3. The molecule has 0 aromatic carbocycles. The van der Waals surface area contributed by atoms with E-state index in [4.69, 9.17) is 0 Å². The third-order valence-electron chi connectivity index (χ3n) is 4.70. The number of rotatable bonds is 1. The van der Waals surface area contributed by atoms with E-state index in [1.54, 1.807) is 0 Å². The average molecular weight is 218 g/mol. The van der Waals surface area contributed by atoms with Gasteiger partial charge in [-0.2, -0.15) is 0 Å². The summed E-state index contributed by atoms with van der Waals surface area (Å²) in [6.45, 7) is 10.6. The third kappa shape index (κ3) is 1.77. The van der Waals surface area contributed by atoms with Gasteiger partial charge >= 0.3 is 0 Å². The zero-order valence-corrected chi connectivity index (χ0v) is 10.7. The Kier molecular flexibility index (Phi) is 2.81. The molecule has 1 heteroatoms. The zero-order chi connectivity index (χ0) is 11.9. The highest BCUT2D eigenvalue weighted by Gasteiger charge is 2.40. The van der Waals surface area contributed by atoms with Crippen LogP contribution in [0.2, 0.25) is 0 Å². The number of hydrogen-bond donors (Lipinski definition) is 0. The molecule has 0 unspecified atom stereocenters. The summed E-state index contributed by atoms with van der Waals surface area (Å²) in [5.74, 6) is 0.971. The summed E-state index contributed by atoms with van der Waals surface area (Å²) >= 11 is 0. The molecule has 1 fully saturated rings. The molecule has 2 rings (SSSR count). The van der Waals surface area contributed by atoms with E-state index in [0.717, 1.165) is 24.8 Å². The van der Waals surface area contributed by atoms with Crippen LogP contribution in [0.3, 0.4) is 0 Å². The van der Waals surface area contributed by atoms with Gasteiger partial charge in [0.05, 0.1) is 0 Å². The largest absolute Gasteiger partial charge is 0.295 e. The Morgan fingerprint density at radius 2 is 2.12 bits per heavy atom. The zero-order valence-electron chi connectivity index (χ0n) is 10.7. The predicted octanol–water partition coefficient (Wildman–Crippen LogP) is 4.05. The van der Waals surface area contributed by atoms with Gasteiger partial charge in [0, 0.05) is 6.42 Å². The van der Waals surface area contributed by atoms with Gasteiger partial charge in [0.2, 0.25) is 0 Å². The molecule has 0 amide bonds. The molecule has 0 aromatic heterocycles. The van der Waals surface area contributed by atoms with Crippen molar-refractivity contribution < 1.29 is 4.79 Å². The Labute approximate surface area is 98.6 Å². The molecule has 0 radical (unpaired) electrons. The number of ketones is 1. The molecule has 2 atom stereocenters. The number of hydrogen-bond acceptors (Lipinski definition) is 1. The van der Waals surface area contributed by atoms with E-state index >= 15 is 0 Å². The lowest BCUT2D eigenvalue weighted by molar-refractivity contribution is -0.117. The summed E-state index contributed by atoms with van der Waals surface area (Å²) in [7, 11) is 0. The van der Waals surface area contributed by atoms with Gasteiger partial charge in [0.1, 0.15) is 0 Å². The van der Waals surface area contributed by atoms with Crippen LogP contribution in [-0.4, -0.2) is 5.78 Å². The van der Waals surface area contributed by atoms with Crippen molar-refractivity contribution in [3.63, 3.8) is 0 Å². The molecule has 0 N–H and O–H groups in total. The molecule has 16 heavy (non-hydrogen) atoms. The highest BCUT2D eigenvalue weighted by molar-refractivity contribution is 5.96. The van der Waals surface area contributed by atoms with Crippen LogP contribution in [0.25, 0.3) is 0 Å². The first-order chi connectivity index (χ1) is 7.44. The molecule has 1 nitrogen and oxygen atoms in total. The van der Waals surface area contributed by atoms with Crippen molar-refractivity contribution in [1.29, 1.82) is 0 Å². The first-order valence-electron chi connectivity index (χ1n) is 6.33. The van der Waals surface area contributed by atoms with E-state index in [-0.39, 0.29) is 0 Å². The fourth-order valence-electron chi connectivity index (χ4n) is 3.29. The van der Waals surface area contributed by atoms with E-state index in [1.807, 2.05) is 6.92 Å². The van der Waals surface area contributed by atoms with Gasteiger partial charge in [-0.15, -0.1) is 0 Å². The maximum Gasteiger partial charge on any atom is 0.158 e. The first-order valence-corrected chi connectivity index (χ1v) is 6.33. The second kappa shape index (κ2) is 3.87. The molecule has 0 heterocycles. The highest BCUT2D eigenvalue weighted by Crippen LogP contribution is 2.51. The summed E-state index contributed by atoms with van der Waals surface area (Å²) in [5, 5.41) is 0. The van der Waals surface area contributed by atoms with Crippen molar-refractivity contribution in [2.45, 2.75) is 52.9 Å². The van der Waals surface area contributed by atoms with Crippen molar-refractivity contribution in [3.05, 3.63) is 23.3 Å². The Balaban J connectivity index is 2.34. The lowest BCUT2D eigenvalue weighted by atomic mass is 9.61. The van der Waals surface area contributed by atoms with Crippen LogP contribution in [0, 0.1) is 11.3 Å². The van der Waals surface area contributed by atoms with Crippen molar-refractivity contribution in [2.24, 2.45) is 11.3 Å². The van der Waals surface area contributed by atoms with Crippen LogP contribution in [0.4, 0.5) is 0 Å². The first kappa shape index (κ1) is 11.6. The minimum absolute atomic E-state index is 0.309. The van der Waals surface area contributed by atoms with Crippen LogP contribution in [0.1, 0.15) is 52.9 Å². The number of carbonyl (C=O) groups excluding carboxylic acids is 1. The molecular formula is C15H22O. The van der Waals surface area contributed by atoms with E-state index in [2.05, 4.69) is 20.4 Å². The molecule has 0 spiro atoms. The van der Waals surface area contributed by atoms with Crippen LogP contribution < -0.4 is 0 Å². The summed E-state index contributed by atoms with van der Waals surface area (Å²) in [4.78, 5) is 11.8.